The molecule has 1 atom stereocenters. The van der Waals surface area contributed by atoms with E-state index in [0.29, 0.717) is 6.54 Å². The molecule has 1 aliphatic heterocycles. The number of carboxylic acid groups (broad SMARTS) is 1. The van der Waals surface area contributed by atoms with Crippen LogP contribution >= 0.6 is 11.3 Å². The first-order valence-corrected chi connectivity index (χ1v) is 7.96. The average molecular weight is 295 g/mol. The third kappa shape index (κ3) is 3.20. The summed E-state index contributed by atoms with van der Waals surface area (Å²) >= 11 is 1.52. The van der Waals surface area contributed by atoms with Gasteiger partial charge in [0.15, 0.2) is 0 Å². The van der Waals surface area contributed by atoms with Gasteiger partial charge in [-0.1, -0.05) is 6.92 Å². The molecule has 1 unspecified atom stereocenters. The third-order valence-electron chi connectivity index (χ3n) is 3.91. The monoisotopic (exact) mass is 295 g/mol. The van der Waals surface area contributed by atoms with Crippen LogP contribution in [-0.2, 0) is 11.2 Å². The maximum absolute atomic E-state index is 12.6. The zero-order chi connectivity index (χ0) is 14.7. The summed E-state index contributed by atoms with van der Waals surface area (Å²) in [6.45, 7) is 4.79. The van der Waals surface area contributed by atoms with Gasteiger partial charge >= 0.3 is 5.97 Å². The van der Waals surface area contributed by atoms with Gasteiger partial charge in [-0.25, -0.2) is 0 Å². The normalized spacial score (nSPS) is 19.1. The summed E-state index contributed by atoms with van der Waals surface area (Å²) in [4.78, 5) is 27.3. The van der Waals surface area contributed by atoms with E-state index in [1.165, 1.54) is 21.8 Å². The molecule has 0 radical (unpaired) electrons. The standard InChI is InChI=1S/C15H21NO3S/c1-3-11-8-13(20-10(11)2)15(19)16-7-5-4-6-12(16)9-14(17)18/h8,12H,3-7,9H2,1-2H3,(H,17,18). The van der Waals surface area contributed by atoms with Crippen LogP contribution in [0.15, 0.2) is 6.07 Å². The van der Waals surface area contributed by atoms with E-state index in [4.69, 9.17) is 5.11 Å². The minimum atomic E-state index is -0.827. The van der Waals surface area contributed by atoms with Crippen LogP contribution in [0.1, 0.15) is 52.7 Å². The van der Waals surface area contributed by atoms with Gasteiger partial charge in [0.2, 0.25) is 0 Å². The lowest BCUT2D eigenvalue weighted by atomic mass is 9.99. The van der Waals surface area contributed by atoms with E-state index in [-0.39, 0.29) is 18.4 Å². The molecule has 1 aromatic heterocycles. The van der Waals surface area contributed by atoms with Crippen molar-refractivity contribution in [3.63, 3.8) is 0 Å². The van der Waals surface area contributed by atoms with E-state index in [1.807, 2.05) is 13.0 Å². The number of thiophene rings is 1. The van der Waals surface area contributed by atoms with Crippen LogP contribution in [0, 0.1) is 6.92 Å². The maximum Gasteiger partial charge on any atom is 0.305 e. The fraction of sp³-hybridized carbons (Fsp3) is 0.600. The number of hydrogen-bond donors (Lipinski definition) is 1. The van der Waals surface area contributed by atoms with Crippen LogP contribution in [0.25, 0.3) is 0 Å². The van der Waals surface area contributed by atoms with E-state index in [1.54, 1.807) is 4.90 Å². The van der Waals surface area contributed by atoms with Crippen LogP contribution < -0.4 is 0 Å². The first-order valence-electron chi connectivity index (χ1n) is 7.15. The first-order chi connectivity index (χ1) is 9.52. The quantitative estimate of drug-likeness (QED) is 0.928. The van der Waals surface area contributed by atoms with E-state index in [9.17, 15) is 9.59 Å². The summed E-state index contributed by atoms with van der Waals surface area (Å²) in [6.07, 6.45) is 3.74. The Kier molecular flexibility index (Phi) is 4.81. The number of amides is 1. The minimum absolute atomic E-state index is 0.00347. The highest BCUT2D eigenvalue weighted by atomic mass is 32.1. The molecular formula is C15H21NO3S. The van der Waals surface area contributed by atoms with Crippen molar-refractivity contribution in [1.82, 2.24) is 4.90 Å². The number of likely N-dealkylation sites (tertiary alicyclic amines) is 1. The van der Waals surface area contributed by atoms with Crippen molar-refractivity contribution in [1.29, 1.82) is 0 Å². The maximum atomic E-state index is 12.6. The van der Waals surface area contributed by atoms with Crippen LogP contribution in [-0.4, -0.2) is 34.5 Å². The molecule has 20 heavy (non-hydrogen) atoms. The summed E-state index contributed by atoms with van der Waals surface area (Å²) in [6, 6.07) is 1.82. The van der Waals surface area contributed by atoms with E-state index >= 15 is 0 Å². The number of carboxylic acids is 1. The van der Waals surface area contributed by atoms with E-state index in [2.05, 4.69) is 6.92 Å². The number of aryl methyl sites for hydroxylation is 2. The molecule has 1 aliphatic rings. The molecule has 5 heteroatoms. The average Bonchev–Trinajstić information content (AvgIpc) is 2.79. The first kappa shape index (κ1) is 15.0. The lowest BCUT2D eigenvalue weighted by molar-refractivity contribution is -0.138. The summed E-state index contributed by atoms with van der Waals surface area (Å²) in [5.74, 6) is -0.824. The fourth-order valence-electron chi connectivity index (χ4n) is 2.80. The van der Waals surface area contributed by atoms with Gasteiger partial charge in [0.1, 0.15) is 0 Å². The van der Waals surface area contributed by atoms with Crippen molar-refractivity contribution in [3.05, 3.63) is 21.4 Å². The predicted molar refractivity (Wildman–Crippen MR) is 79.4 cm³/mol. The van der Waals surface area contributed by atoms with Crippen LogP contribution in [0.2, 0.25) is 0 Å². The number of piperidine rings is 1. The second-order valence-corrected chi connectivity index (χ2v) is 6.55. The smallest absolute Gasteiger partial charge is 0.305 e. The summed E-state index contributed by atoms with van der Waals surface area (Å²) < 4.78 is 0. The Bertz CT molecular complexity index is 509. The van der Waals surface area contributed by atoms with Gasteiger partial charge in [0, 0.05) is 17.5 Å². The van der Waals surface area contributed by atoms with Crippen molar-refractivity contribution in [2.24, 2.45) is 0 Å². The molecular weight excluding hydrogens is 274 g/mol. The van der Waals surface area contributed by atoms with Gasteiger partial charge < -0.3 is 10.0 Å². The molecule has 2 rings (SSSR count). The zero-order valence-corrected chi connectivity index (χ0v) is 12.8. The van der Waals surface area contributed by atoms with Gasteiger partial charge in [-0.15, -0.1) is 11.3 Å². The van der Waals surface area contributed by atoms with E-state index < -0.39 is 5.97 Å². The Morgan fingerprint density at radius 3 is 2.80 bits per heavy atom. The Hall–Kier alpha value is -1.36. The van der Waals surface area contributed by atoms with Crippen molar-refractivity contribution in [2.75, 3.05) is 6.54 Å². The second-order valence-electron chi connectivity index (χ2n) is 5.29. The predicted octanol–water partition coefficient (Wildman–Crippen LogP) is 3.09. The van der Waals surface area contributed by atoms with Gasteiger partial charge in [-0.2, -0.15) is 0 Å². The Labute approximate surface area is 123 Å². The number of carbonyl (C=O) groups excluding carboxylic acids is 1. The third-order valence-corrected chi connectivity index (χ3v) is 4.99. The highest BCUT2D eigenvalue weighted by Crippen LogP contribution is 2.27. The lowest BCUT2D eigenvalue weighted by Gasteiger charge is -2.34. The fourth-order valence-corrected chi connectivity index (χ4v) is 3.87. The Morgan fingerprint density at radius 1 is 1.45 bits per heavy atom. The molecule has 0 aromatic carbocycles. The number of hydrogen-bond acceptors (Lipinski definition) is 3. The van der Waals surface area contributed by atoms with Gasteiger partial charge in [-0.05, 0) is 44.2 Å². The van der Waals surface area contributed by atoms with Gasteiger partial charge in [-0.3, -0.25) is 9.59 Å². The SMILES string of the molecule is CCc1cc(C(=O)N2CCCCC2CC(=O)O)sc1C. The molecule has 0 aliphatic carbocycles. The highest BCUT2D eigenvalue weighted by Gasteiger charge is 2.30. The van der Waals surface area contributed by atoms with Crippen molar-refractivity contribution in [3.8, 4) is 0 Å². The molecule has 110 valence electrons. The van der Waals surface area contributed by atoms with Crippen LogP contribution in [0.5, 0.6) is 0 Å². The molecule has 0 spiro atoms. The van der Waals surface area contributed by atoms with Crippen molar-refractivity contribution in [2.45, 2.75) is 52.0 Å². The molecule has 0 bridgehead atoms. The lowest BCUT2D eigenvalue weighted by Crippen LogP contribution is -2.44. The Morgan fingerprint density at radius 2 is 2.20 bits per heavy atom. The summed E-state index contributed by atoms with van der Waals surface area (Å²) in [5.41, 5.74) is 1.21. The van der Waals surface area contributed by atoms with Gasteiger partial charge in [0.05, 0.1) is 11.3 Å². The van der Waals surface area contributed by atoms with Crippen LogP contribution in [0.3, 0.4) is 0 Å². The molecule has 1 saturated heterocycles. The molecule has 1 fully saturated rings. The van der Waals surface area contributed by atoms with Crippen molar-refractivity contribution < 1.29 is 14.7 Å². The number of rotatable bonds is 4. The van der Waals surface area contributed by atoms with Gasteiger partial charge in [0.25, 0.3) is 5.91 Å². The molecule has 4 nitrogen and oxygen atoms in total. The summed E-state index contributed by atoms with van der Waals surface area (Å²) in [7, 11) is 0. The molecule has 1 N–H and O–H groups in total. The molecule has 1 amide bonds. The minimum Gasteiger partial charge on any atom is -0.481 e. The topological polar surface area (TPSA) is 57.6 Å². The number of nitrogens with zero attached hydrogens (tertiary/aromatic N) is 1. The zero-order valence-electron chi connectivity index (χ0n) is 12.0. The largest absolute Gasteiger partial charge is 0.481 e. The molecule has 1 aromatic rings. The molecule has 2 heterocycles. The number of carbonyl (C=O) groups is 2. The molecule has 0 saturated carbocycles. The summed E-state index contributed by atoms with van der Waals surface area (Å²) in [5, 5.41) is 8.99. The second kappa shape index (κ2) is 6.39. The highest BCUT2D eigenvalue weighted by molar-refractivity contribution is 7.14. The van der Waals surface area contributed by atoms with Crippen molar-refractivity contribution >= 4 is 23.2 Å². The number of aliphatic carboxylic acids is 1. The van der Waals surface area contributed by atoms with Crippen LogP contribution in [0.4, 0.5) is 0 Å². The Balaban J connectivity index is 2.18. The van der Waals surface area contributed by atoms with E-state index in [0.717, 1.165) is 30.6 Å².